The summed E-state index contributed by atoms with van der Waals surface area (Å²) < 4.78 is 0. The summed E-state index contributed by atoms with van der Waals surface area (Å²) in [7, 11) is 2.18. The maximum atomic E-state index is 6.49. The van der Waals surface area contributed by atoms with E-state index in [2.05, 4.69) is 60.5 Å². The van der Waals surface area contributed by atoms with Gasteiger partial charge in [-0.2, -0.15) is 11.8 Å². The SMILES string of the molecule is CN1CCSCC1C(N)c1ccc(-c2ccccc2)cc1. The van der Waals surface area contributed by atoms with Gasteiger partial charge in [-0.15, -0.1) is 0 Å². The van der Waals surface area contributed by atoms with Gasteiger partial charge in [-0.1, -0.05) is 54.6 Å². The predicted molar refractivity (Wildman–Crippen MR) is 92.5 cm³/mol. The van der Waals surface area contributed by atoms with Crippen LogP contribution in [0.5, 0.6) is 0 Å². The number of rotatable bonds is 3. The molecule has 3 heteroatoms. The van der Waals surface area contributed by atoms with Crippen LogP contribution >= 0.6 is 11.8 Å². The third-order valence-electron chi connectivity index (χ3n) is 4.26. The monoisotopic (exact) mass is 298 g/mol. The average molecular weight is 298 g/mol. The minimum Gasteiger partial charge on any atom is -0.323 e. The Hall–Kier alpha value is -1.29. The van der Waals surface area contributed by atoms with Crippen molar-refractivity contribution in [2.75, 3.05) is 25.1 Å². The van der Waals surface area contributed by atoms with Crippen LogP contribution in [0.1, 0.15) is 11.6 Å². The second-order valence-corrected chi connectivity index (χ2v) is 6.79. The van der Waals surface area contributed by atoms with Crippen LogP contribution in [0, 0.1) is 0 Å². The summed E-state index contributed by atoms with van der Waals surface area (Å²) in [6.07, 6.45) is 0. The Kier molecular flexibility index (Phi) is 4.63. The van der Waals surface area contributed by atoms with Crippen LogP contribution in [-0.4, -0.2) is 36.0 Å². The van der Waals surface area contributed by atoms with Gasteiger partial charge in [-0.05, 0) is 23.7 Å². The van der Waals surface area contributed by atoms with Gasteiger partial charge in [0.05, 0.1) is 0 Å². The summed E-state index contributed by atoms with van der Waals surface area (Å²) in [5.41, 5.74) is 10.2. The first-order valence-corrected chi connectivity index (χ1v) is 8.60. The van der Waals surface area contributed by atoms with E-state index in [0.29, 0.717) is 6.04 Å². The highest BCUT2D eigenvalue weighted by atomic mass is 32.2. The van der Waals surface area contributed by atoms with Crippen molar-refractivity contribution in [3.05, 3.63) is 60.2 Å². The van der Waals surface area contributed by atoms with Crippen molar-refractivity contribution in [3.8, 4) is 11.1 Å². The van der Waals surface area contributed by atoms with E-state index >= 15 is 0 Å². The number of nitrogens with zero attached hydrogens (tertiary/aromatic N) is 1. The molecule has 1 heterocycles. The van der Waals surface area contributed by atoms with E-state index < -0.39 is 0 Å². The summed E-state index contributed by atoms with van der Waals surface area (Å²) >= 11 is 2.01. The van der Waals surface area contributed by atoms with Gasteiger partial charge >= 0.3 is 0 Å². The van der Waals surface area contributed by atoms with Crippen LogP contribution in [0.3, 0.4) is 0 Å². The van der Waals surface area contributed by atoms with Crippen molar-refractivity contribution in [2.24, 2.45) is 5.73 Å². The molecule has 21 heavy (non-hydrogen) atoms. The molecule has 2 atom stereocenters. The molecule has 0 spiro atoms. The molecule has 0 radical (unpaired) electrons. The highest BCUT2D eigenvalue weighted by Crippen LogP contribution is 2.27. The van der Waals surface area contributed by atoms with Gasteiger partial charge in [0.25, 0.3) is 0 Å². The first-order valence-electron chi connectivity index (χ1n) is 7.44. The normalized spacial score (nSPS) is 21.1. The van der Waals surface area contributed by atoms with E-state index in [-0.39, 0.29) is 6.04 Å². The average Bonchev–Trinajstić information content (AvgIpc) is 2.56. The van der Waals surface area contributed by atoms with Crippen molar-refractivity contribution in [1.82, 2.24) is 4.90 Å². The Morgan fingerprint density at radius 2 is 1.71 bits per heavy atom. The fourth-order valence-corrected chi connectivity index (χ4v) is 4.12. The maximum absolute atomic E-state index is 6.49. The van der Waals surface area contributed by atoms with Crippen molar-refractivity contribution in [3.63, 3.8) is 0 Å². The molecule has 1 aliphatic rings. The lowest BCUT2D eigenvalue weighted by atomic mass is 9.97. The van der Waals surface area contributed by atoms with Crippen LogP contribution in [-0.2, 0) is 0 Å². The zero-order chi connectivity index (χ0) is 14.7. The second-order valence-electron chi connectivity index (χ2n) is 5.64. The third-order valence-corrected chi connectivity index (χ3v) is 5.31. The van der Waals surface area contributed by atoms with Crippen LogP contribution in [0.25, 0.3) is 11.1 Å². The first kappa shape index (κ1) is 14.6. The zero-order valence-corrected chi connectivity index (χ0v) is 13.2. The third kappa shape index (κ3) is 3.31. The summed E-state index contributed by atoms with van der Waals surface area (Å²) in [6.45, 7) is 1.13. The quantitative estimate of drug-likeness (QED) is 0.941. The summed E-state index contributed by atoms with van der Waals surface area (Å²) in [5.74, 6) is 2.34. The molecule has 3 rings (SSSR count). The van der Waals surface area contributed by atoms with Gasteiger partial charge in [0, 0.05) is 30.1 Å². The molecule has 110 valence electrons. The van der Waals surface area contributed by atoms with Crippen LogP contribution in [0.15, 0.2) is 54.6 Å². The van der Waals surface area contributed by atoms with Crippen LogP contribution in [0.4, 0.5) is 0 Å². The molecule has 2 unspecified atom stereocenters. The van der Waals surface area contributed by atoms with E-state index in [0.717, 1.165) is 12.3 Å². The summed E-state index contributed by atoms with van der Waals surface area (Å²) in [5, 5.41) is 0. The minimum absolute atomic E-state index is 0.0904. The van der Waals surface area contributed by atoms with E-state index in [1.54, 1.807) is 0 Å². The van der Waals surface area contributed by atoms with Crippen LogP contribution < -0.4 is 5.73 Å². The van der Waals surface area contributed by atoms with Gasteiger partial charge in [0.2, 0.25) is 0 Å². The van der Waals surface area contributed by atoms with Crippen LogP contribution in [0.2, 0.25) is 0 Å². The van der Waals surface area contributed by atoms with Gasteiger partial charge < -0.3 is 5.73 Å². The topological polar surface area (TPSA) is 29.3 Å². The number of hydrogen-bond acceptors (Lipinski definition) is 3. The standard InChI is InChI=1S/C18H22N2S/c1-20-11-12-21-13-17(20)18(19)16-9-7-15(8-10-16)14-5-3-2-4-6-14/h2-10,17-18H,11-13,19H2,1H3. The molecular formula is C18H22N2S. The molecule has 0 amide bonds. The van der Waals surface area contributed by atoms with E-state index in [1.165, 1.54) is 22.4 Å². The summed E-state index contributed by atoms with van der Waals surface area (Å²) in [4.78, 5) is 2.40. The highest BCUT2D eigenvalue weighted by molar-refractivity contribution is 7.99. The molecule has 2 aromatic carbocycles. The molecule has 2 nitrogen and oxygen atoms in total. The number of likely N-dealkylation sites (N-methyl/N-ethyl adjacent to an activating group) is 1. The molecule has 1 fully saturated rings. The predicted octanol–water partition coefficient (Wildman–Crippen LogP) is 3.40. The highest BCUT2D eigenvalue weighted by Gasteiger charge is 2.26. The second kappa shape index (κ2) is 6.65. The lowest BCUT2D eigenvalue weighted by Crippen LogP contribution is -2.46. The lowest BCUT2D eigenvalue weighted by Gasteiger charge is -2.36. The Labute approximate surface area is 131 Å². The molecule has 0 saturated carbocycles. The molecule has 0 aromatic heterocycles. The van der Waals surface area contributed by atoms with Gasteiger partial charge in [0.15, 0.2) is 0 Å². The number of benzene rings is 2. The van der Waals surface area contributed by atoms with E-state index in [1.807, 2.05) is 17.8 Å². The molecule has 0 aliphatic carbocycles. The van der Waals surface area contributed by atoms with Crippen molar-refractivity contribution >= 4 is 11.8 Å². The van der Waals surface area contributed by atoms with Gasteiger partial charge in [-0.3, -0.25) is 4.90 Å². The fourth-order valence-electron chi connectivity index (χ4n) is 2.83. The van der Waals surface area contributed by atoms with Crippen molar-refractivity contribution in [2.45, 2.75) is 12.1 Å². The smallest absolute Gasteiger partial charge is 0.0461 e. The molecule has 1 aliphatic heterocycles. The van der Waals surface area contributed by atoms with Gasteiger partial charge in [0.1, 0.15) is 0 Å². The maximum Gasteiger partial charge on any atom is 0.0461 e. The Balaban J connectivity index is 1.77. The fraction of sp³-hybridized carbons (Fsp3) is 0.333. The van der Waals surface area contributed by atoms with E-state index in [9.17, 15) is 0 Å². The number of thioether (sulfide) groups is 1. The van der Waals surface area contributed by atoms with E-state index in [4.69, 9.17) is 5.73 Å². The number of nitrogens with two attached hydrogens (primary N) is 1. The Bertz CT molecular complexity index is 568. The first-order chi connectivity index (χ1) is 10.3. The van der Waals surface area contributed by atoms with Crippen molar-refractivity contribution < 1.29 is 0 Å². The molecule has 0 bridgehead atoms. The molecule has 2 N–H and O–H groups in total. The lowest BCUT2D eigenvalue weighted by molar-refractivity contribution is 0.237. The largest absolute Gasteiger partial charge is 0.323 e. The molecule has 2 aromatic rings. The Morgan fingerprint density at radius 3 is 2.38 bits per heavy atom. The molecular weight excluding hydrogens is 276 g/mol. The Morgan fingerprint density at radius 1 is 1.05 bits per heavy atom. The van der Waals surface area contributed by atoms with Crippen molar-refractivity contribution in [1.29, 1.82) is 0 Å². The molecule has 1 saturated heterocycles. The summed E-state index contributed by atoms with van der Waals surface area (Å²) in [6, 6.07) is 19.7. The zero-order valence-electron chi connectivity index (χ0n) is 12.4. The number of hydrogen-bond donors (Lipinski definition) is 1. The van der Waals surface area contributed by atoms with Gasteiger partial charge in [-0.25, -0.2) is 0 Å². The minimum atomic E-state index is 0.0904.